The molecule has 7 nitrogen and oxygen atoms in total. The van der Waals surface area contributed by atoms with Crippen molar-refractivity contribution in [2.75, 3.05) is 6.61 Å². The van der Waals surface area contributed by atoms with E-state index in [1.54, 1.807) is 6.20 Å². The average molecular weight is 255 g/mol. The number of hydrogen-bond donors (Lipinski definition) is 1. The lowest BCUT2D eigenvalue weighted by molar-refractivity contribution is -0.142. The number of thiazole rings is 1. The first-order valence-corrected chi connectivity index (χ1v) is 5.51. The molecule has 8 heteroatoms. The summed E-state index contributed by atoms with van der Waals surface area (Å²) in [4.78, 5) is 15.1. The lowest BCUT2D eigenvalue weighted by Gasteiger charge is -1.94. The van der Waals surface area contributed by atoms with Crippen LogP contribution in [0.5, 0.6) is 0 Å². The van der Waals surface area contributed by atoms with Crippen molar-refractivity contribution in [2.24, 2.45) is 0 Å². The summed E-state index contributed by atoms with van der Waals surface area (Å²) in [5.41, 5.74) is 0. The molecule has 0 aliphatic heterocycles. The fourth-order valence-corrected chi connectivity index (χ4v) is 1.80. The third-order valence-corrected chi connectivity index (χ3v) is 2.65. The Morgan fingerprint density at radius 3 is 3.06 bits per heavy atom. The van der Waals surface area contributed by atoms with Gasteiger partial charge in [0, 0.05) is 0 Å². The molecule has 0 atom stereocenters. The van der Waals surface area contributed by atoms with Crippen LogP contribution in [0.15, 0.2) is 10.6 Å². The van der Waals surface area contributed by atoms with E-state index in [1.807, 2.05) is 6.92 Å². The number of aliphatic carboxylic acids is 1. The molecule has 0 aliphatic carbocycles. The highest BCUT2D eigenvalue weighted by Crippen LogP contribution is 2.24. The van der Waals surface area contributed by atoms with Gasteiger partial charge in [-0.2, -0.15) is 0 Å². The molecular formula is C9H9N3O4S. The number of ether oxygens (including phenoxy) is 1. The number of nitrogens with zero attached hydrogens (tertiary/aromatic N) is 3. The van der Waals surface area contributed by atoms with Crippen LogP contribution in [0.4, 0.5) is 0 Å². The maximum Gasteiger partial charge on any atom is 0.329 e. The van der Waals surface area contributed by atoms with Gasteiger partial charge in [-0.05, 0) is 6.92 Å². The van der Waals surface area contributed by atoms with Crippen LogP contribution in [-0.4, -0.2) is 32.9 Å². The first-order valence-electron chi connectivity index (χ1n) is 4.70. The molecule has 0 aliphatic rings. The van der Waals surface area contributed by atoms with Crippen molar-refractivity contribution in [1.82, 2.24) is 15.2 Å². The highest BCUT2D eigenvalue weighted by atomic mass is 32.1. The van der Waals surface area contributed by atoms with Gasteiger partial charge < -0.3 is 14.3 Å². The summed E-state index contributed by atoms with van der Waals surface area (Å²) in [6, 6.07) is 0. The maximum atomic E-state index is 10.2. The van der Waals surface area contributed by atoms with Crippen molar-refractivity contribution in [3.05, 3.63) is 17.1 Å². The second kappa shape index (κ2) is 5.02. The minimum absolute atomic E-state index is 0.0168. The highest BCUT2D eigenvalue weighted by Gasteiger charge is 2.11. The third kappa shape index (κ3) is 3.08. The van der Waals surface area contributed by atoms with E-state index >= 15 is 0 Å². The summed E-state index contributed by atoms with van der Waals surface area (Å²) in [7, 11) is 0. The molecule has 0 amide bonds. The zero-order valence-corrected chi connectivity index (χ0v) is 9.73. The molecule has 17 heavy (non-hydrogen) atoms. The summed E-state index contributed by atoms with van der Waals surface area (Å²) in [6.07, 6.45) is 1.65. The van der Waals surface area contributed by atoms with Crippen molar-refractivity contribution in [1.29, 1.82) is 0 Å². The number of carbonyl (C=O) groups is 1. The van der Waals surface area contributed by atoms with Gasteiger partial charge in [0.15, 0.2) is 0 Å². The average Bonchev–Trinajstić information content (AvgIpc) is 2.86. The van der Waals surface area contributed by atoms with E-state index in [4.69, 9.17) is 14.3 Å². The number of aryl methyl sites for hydroxylation is 1. The Labute approximate surface area is 100 Å². The Balaban J connectivity index is 1.98. The van der Waals surface area contributed by atoms with E-state index in [1.165, 1.54) is 11.3 Å². The number of rotatable bonds is 5. The van der Waals surface area contributed by atoms with Gasteiger partial charge in [0.1, 0.15) is 18.1 Å². The molecule has 2 aromatic heterocycles. The van der Waals surface area contributed by atoms with Gasteiger partial charge >= 0.3 is 5.97 Å². The van der Waals surface area contributed by atoms with Crippen LogP contribution in [0.1, 0.15) is 10.9 Å². The lowest BCUT2D eigenvalue weighted by Crippen LogP contribution is -2.06. The number of carboxylic acids is 1. The number of carboxylic acid groups (broad SMARTS) is 1. The Bertz CT molecular complexity index is 522. The van der Waals surface area contributed by atoms with Gasteiger partial charge in [-0.3, -0.25) is 0 Å². The zero-order chi connectivity index (χ0) is 12.3. The topological polar surface area (TPSA) is 98.3 Å². The molecule has 2 aromatic rings. The van der Waals surface area contributed by atoms with Crippen LogP contribution < -0.4 is 0 Å². The summed E-state index contributed by atoms with van der Waals surface area (Å²) >= 11 is 1.44. The van der Waals surface area contributed by atoms with E-state index < -0.39 is 12.6 Å². The van der Waals surface area contributed by atoms with Gasteiger partial charge in [-0.15, -0.1) is 21.5 Å². The molecule has 0 unspecified atom stereocenters. The van der Waals surface area contributed by atoms with Crippen molar-refractivity contribution in [3.63, 3.8) is 0 Å². The molecule has 2 heterocycles. The van der Waals surface area contributed by atoms with Crippen LogP contribution in [0.25, 0.3) is 10.8 Å². The molecule has 0 fully saturated rings. The molecule has 0 saturated carbocycles. The zero-order valence-electron chi connectivity index (χ0n) is 8.91. The quantitative estimate of drug-likeness (QED) is 0.854. The lowest BCUT2D eigenvalue weighted by atomic mass is 10.5. The minimum atomic E-state index is -1.04. The highest BCUT2D eigenvalue weighted by molar-refractivity contribution is 7.14. The van der Waals surface area contributed by atoms with Gasteiger partial charge in [-0.25, -0.2) is 9.78 Å². The molecule has 0 aromatic carbocycles. The predicted octanol–water partition coefficient (Wildman–Crippen LogP) is 1.10. The van der Waals surface area contributed by atoms with E-state index in [2.05, 4.69) is 15.2 Å². The molecule has 0 spiro atoms. The molecule has 0 saturated heterocycles. The van der Waals surface area contributed by atoms with Gasteiger partial charge in [0.25, 0.3) is 5.89 Å². The Hall–Kier alpha value is -1.80. The normalized spacial score (nSPS) is 10.6. The molecule has 0 bridgehead atoms. The van der Waals surface area contributed by atoms with Crippen LogP contribution in [0, 0.1) is 6.92 Å². The SMILES string of the molecule is Cc1ncc(-c2nnc(COCC(=O)O)o2)s1. The van der Waals surface area contributed by atoms with Crippen LogP contribution >= 0.6 is 11.3 Å². The molecule has 90 valence electrons. The van der Waals surface area contributed by atoms with Crippen molar-refractivity contribution in [3.8, 4) is 10.8 Å². The van der Waals surface area contributed by atoms with E-state index in [9.17, 15) is 4.79 Å². The predicted molar refractivity (Wildman–Crippen MR) is 57.4 cm³/mol. The Morgan fingerprint density at radius 1 is 1.59 bits per heavy atom. The van der Waals surface area contributed by atoms with Crippen molar-refractivity contribution in [2.45, 2.75) is 13.5 Å². The van der Waals surface area contributed by atoms with Gasteiger partial charge in [0.05, 0.1) is 11.2 Å². The molecule has 0 radical (unpaired) electrons. The molecule has 2 rings (SSSR count). The Morgan fingerprint density at radius 2 is 2.41 bits per heavy atom. The monoisotopic (exact) mass is 255 g/mol. The second-order valence-corrected chi connectivity index (χ2v) is 4.37. The fraction of sp³-hybridized carbons (Fsp3) is 0.333. The number of hydrogen-bond acceptors (Lipinski definition) is 7. The van der Waals surface area contributed by atoms with E-state index in [0.717, 1.165) is 9.88 Å². The van der Waals surface area contributed by atoms with Gasteiger partial charge in [0.2, 0.25) is 5.89 Å². The van der Waals surface area contributed by atoms with Crippen LogP contribution in [0.2, 0.25) is 0 Å². The molecule has 1 N–H and O–H groups in total. The van der Waals surface area contributed by atoms with Crippen LogP contribution in [0.3, 0.4) is 0 Å². The van der Waals surface area contributed by atoms with Crippen LogP contribution in [-0.2, 0) is 16.1 Å². The summed E-state index contributed by atoms with van der Waals surface area (Å²) in [5, 5.41) is 16.9. The fourth-order valence-electron chi connectivity index (χ4n) is 1.10. The summed E-state index contributed by atoms with van der Waals surface area (Å²) in [6.45, 7) is 1.47. The molecular weight excluding hydrogens is 246 g/mol. The summed E-state index contributed by atoms with van der Waals surface area (Å²) < 4.78 is 10.1. The number of aromatic nitrogens is 3. The maximum absolute atomic E-state index is 10.2. The van der Waals surface area contributed by atoms with E-state index in [0.29, 0.717) is 5.89 Å². The van der Waals surface area contributed by atoms with E-state index in [-0.39, 0.29) is 12.5 Å². The third-order valence-electron chi connectivity index (χ3n) is 1.75. The second-order valence-electron chi connectivity index (χ2n) is 3.13. The van der Waals surface area contributed by atoms with Crippen molar-refractivity contribution >= 4 is 17.3 Å². The van der Waals surface area contributed by atoms with Gasteiger partial charge in [-0.1, -0.05) is 0 Å². The minimum Gasteiger partial charge on any atom is -0.480 e. The smallest absolute Gasteiger partial charge is 0.329 e. The summed E-state index contributed by atoms with van der Waals surface area (Å²) in [5.74, 6) is -0.431. The van der Waals surface area contributed by atoms with Crippen molar-refractivity contribution < 1.29 is 19.1 Å². The first kappa shape index (κ1) is 11.7. The Kier molecular flexibility index (Phi) is 3.45. The largest absolute Gasteiger partial charge is 0.480 e. The standard InChI is InChI=1S/C9H9N3O4S/c1-5-10-2-6(17-5)9-12-11-7(16-9)3-15-4-8(13)14/h2H,3-4H2,1H3,(H,13,14). The first-order chi connectivity index (χ1) is 8.15.